The van der Waals surface area contributed by atoms with Crippen molar-refractivity contribution in [3.05, 3.63) is 47.0 Å². The molecule has 26 heavy (non-hydrogen) atoms. The number of carbonyl (C=O) groups is 1. The molecular weight excluding hydrogens is 360 g/mol. The highest BCUT2D eigenvalue weighted by molar-refractivity contribution is 6.32. The molecule has 0 aliphatic rings. The van der Waals surface area contributed by atoms with Gasteiger partial charge in [0.15, 0.2) is 17.6 Å². The zero-order valence-electron chi connectivity index (χ0n) is 14.3. The van der Waals surface area contributed by atoms with Crippen LogP contribution in [0, 0.1) is 0 Å². The summed E-state index contributed by atoms with van der Waals surface area (Å²) in [5.74, 6) is -0.000346. The van der Waals surface area contributed by atoms with Crippen LogP contribution in [0.2, 0.25) is 5.02 Å². The van der Waals surface area contributed by atoms with Crippen LogP contribution >= 0.6 is 11.6 Å². The first-order chi connectivity index (χ1) is 12.4. The van der Waals surface area contributed by atoms with Gasteiger partial charge in [0.25, 0.3) is 5.91 Å². The van der Waals surface area contributed by atoms with Gasteiger partial charge in [0.2, 0.25) is 0 Å². The van der Waals surface area contributed by atoms with E-state index in [4.69, 9.17) is 21.1 Å². The molecule has 138 valence electrons. The number of benzene rings is 2. The number of phenolic OH excluding ortho intramolecular Hbond substituents is 2. The monoisotopic (exact) mass is 378 g/mol. The fraction of sp³-hybridized carbons (Fsp3) is 0.222. The number of hydrogen-bond donors (Lipinski definition) is 3. The fourth-order valence-corrected chi connectivity index (χ4v) is 2.20. The van der Waals surface area contributed by atoms with Crippen LogP contribution in [0.15, 0.2) is 41.5 Å². The van der Waals surface area contributed by atoms with Crippen LogP contribution in [0.3, 0.4) is 0 Å². The van der Waals surface area contributed by atoms with E-state index in [1.54, 1.807) is 31.2 Å². The van der Waals surface area contributed by atoms with Gasteiger partial charge in [0.05, 0.1) is 17.8 Å². The van der Waals surface area contributed by atoms with E-state index < -0.39 is 17.8 Å². The Morgan fingerprint density at radius 1 is 1.27 bits per heavy atom. The Kier molecular flexibility index (Phi) is 6.68. The van der Waals surface area contributed by atoms with E-state index in [-0.39, 0.29) is 10.8 Å². The number of halogens is 1. The minimum absolute atomic E-state index is 0.0232. The van der Waals surface area contributed by atoms with Gasteiger partial charge in [-0.15, -0.1) is 0 Å². The van der Waals surface area contributed by atoms with Gasteiger partial charge < -0.3 is 19.7 Å². The van der Waals surface area contributed by atoms with E-state index in [1.807, 2.05) is 6.92 Å². The molecule has 8 heteroatoms. The van der Waals surface area contributed by atoms with Crippen LogP contribution in [-0.2, 0) is 4.79 Å². The Bertz CT molecular complexity index is 770. The zero-order valence-corrected chi connectivity index (χ0v) is 15.0. The van der Waals surface area contributed by atoms with Crippen molar-refractivity contribution in [2.24, 2.45) is 5.10 Å². The van der Waals surface area contributed by atoms with Crippen molar-refractivity contribution in [1.82, 2.24) is 5.43 Å². The average molecular weight is 379 g/mol. The van der Waals surface area contributed by atoms with Crippen molar-refractivity contribution < 1.29 is 24.5 Å². The van der Waals surface area contributed by atoms with Crippen molar-refractivity contribution >= 4 is 23.7 Å². The second-order valence-corrected chi connectivity index (χ2v) is 5.68. The number of rotatable bonds is 7. The van der Waals surface area contributed by atoms with Crippen LogP contribution in [0.25, 0.3) is 0 Å². The summed E-state index contributed by atoms with van der Waals surface area (Å²) >= 11 is 5.74. The van der Waals surface area contributed by atoms with E-state index in [2.05, 4.69) is 10.5 Å². The Morgan fingerprint density at radius 2 is 1.92 bits per heavy atom. The molecule has 0 aliphatic heterocycles. The maximum atomic E-state index is 12.0. The summed E-state index contributed by atoms with van der Waals surface area (Å²) in [5, 5.41) is 22.6. The van der Waals surface area contributed by atoms with Crippen LogP contribution in [0.4, 0.5) is 0 Å². The van der Waals surface area contributed by atoms with Crippen LogP contribution in [0.5, 0.6) is 23.0 Å². The summed E-state index contributed by atoms with van der Waals surface area (Å²) in [5.41, 5.74) is 2.74. The third-order valence-corrected chi connectivity index (χ3v) is 3.56. The quantitative estimate of drug-likeness (QED) is 0.390. The van der Waals surface area contributed by atoms with Crippen LogP contribution in [0.1, 0.15) is 19.4 Å². The Morgan fingerprint density at radius 3 is 2.54 bits per heavy atom. The fourth-order valence-electron chi connectivity index (χ4n) is 1.98. The zero-order chi connectivity index (χ0) is 19.1. The smallest absolute Gasteiger partial charge is 0.280 e. The maximum Gasteiger partial charge on any atom is 0.280 e. The number of nitrogens with zero attached hydrogens (tertiary/aromatic N) is 1. The SMILES string of the molecule is CCOc1ccc(O[C@@H](C)C(=O)N/N=C/c2cc(O)c(O)c(Cl)c2)cc1. The Hall–Kier alpha value is -2.93. The van der Waals surface area contributed by atoms with E-state index in [0.29, 0.717) is 17.9 Å². The highest BCUT2D eigenvalue weighted by Gasteiger charge is 2.14. The number of nitrogens with one attached hydrogen (secondary N) is 1. The first-order valence-corrected chi connectivity index (χ1v) is 8.22. The molecule has 0 aliphatic carbocycles. The van der Waals surface area contributed by atoms with Gasteiger partial charge in [-0.05, 0) is 55.8 Å². The van der Waals surface area contributed by atoms with E-state index in [9.17, 15) is 15.0 Å². The molecule has 2 rings (SSSR count). The summed E-state index contributed by atoms with van der Waals surface area (Å²) in [4.78, 5) is 12.0. The summed E-state index contributed by atoms with van der Waals surface area (Å²) < 4.78 is 10.9. The van der Waals surface area contributed by atoms with Gasteiger partial charge in [-0.3, -0.25) is 4.79 Å². The van der Waals surface area contributed by atoms with Gasteiger partial charge in [-0.1, -0.05) is 11.6 Å². The van der Waals surface area contributed by atoms with Crippen molar-refractivity contribution in [2.45, 2.75) is 20.0 Å². The molecule has 0 saturated heterocycles. The number of carbonyl (C=O) groups excluding carboxylic acids is 1. The standard InChI is InChI=1S/C18H19ClN2O5/c1-3-25-13-4-6-14(7-5-13)26-11(2)18(24)21-20-10-12-8-15(19)17(23)16(22)9-12/h4-11,22-23H,3H2,1-2H3,(H,21,24)/b20-10+/t11-/m0/s1. The largest absolute Gasteiger partial charge is 0.504 e. The second-order valence-electron chi connectivity index (χ2n) is 5.27. The van der Waals surface area contributed by atoms with E-state index in [1.165, 1.54) is 18.3 Å². The molecule has 0 spiro atoms. The predicted octanol–water partition coefficient (Wildman–Crippen LogP) is 3.07. The molecule has 0 saturated carbocycles. The lowest BCUT2D eigenvalue weighted by Crippen LogP contribution is -2.33. The molecule has 0 bridgehead atoms. The summed E-state index contributed by atoms with van der Waals surface area (Å²) in [6, 6.07) is 9.58. The van der Waals surface area contributed by atoms with E-state index >= 15 is 0 Å². The minimum Gasteiger partial charge on any atom is -0.504 e. The highest BCUT2D eigenvalue weighted by atomic mass is 35.5. The van der Waals surface area contributed by atoms with Gasteiger partial charge >= 0.3 is 0 Å². The lowest BCUT2D eigenvalue weighted by atomic mass is 10.2. The number of ether oxygens (including phenoxy) is 2. The summed E-state index contributed by atoms with van der Waals surface area (Å²) in [6.45, 7) is 4.05. The van der Waals surface area contributed by atoms with E-state index in [0.717, 1.165) is 5.75 Å². The van der Waals surface area contributed by atoms with Crippen molar-refractivity contribution in [2.75, 3.05) is 6.61 Å². The first-order valence-electron chi connectivity index (χ1n) is 7.84. The Labute approximate surface area is 155 Å². The van der Waals surface area contributed by atoms with Crippen molar-refractivity contribution in [3.8, 4) is 23.0 Å². The molecule has 0 fully saturated rings. The normalized spacial score (nSPS) is 12.0. The molecule has 0 radical (unpaired) electrons. The van der Waals surface area contributed by atoms with Gasteiger partial charge in [-0.2, -0.15) is 5.10 Å². The molecule has 1 atom stereocenters. The third kappa shape index (κ3) is 5.29. The molecular formula is C18H19ClN2O5. The van der Waals surface area contributed by atoms with Gasteiger partial charge in [-0.25, -0.2) is 5.43 Å². The number of hydrogen-bond acceptors (Lipinski definition) is 6. The van der Waals surface area contributed by atoms with Gasteiger partial charge in [0, 0.05) is 0 Å². The lowest BCUT2D eigenvalue weighted by molar-refractivity contribution is -0.127. The first kappa shape index (κ1) is 19.4. The number of amides is 1. The maximum absolute atomic E-state index is 12.0. The molecule has 2 aromatic rings. The third-order valence-electron chi connectivity index (χ3n) is 3.27. The minimum atomic E-state index is -0.776. The molecule has 0 unspecified atom stereocenters. The number of hydrazone groups is 1. The average Bonchev–Trinajstić information content (AvgIpc) is 2.61. The summed E-state index contributed by atoms with van der Waals surface area (Å²) in [6.07, 6.45) is 0.508. The molecule has 0 aromatic heterocycles. The van der Waals surface area contributed by atoms with Crippen molar-refractivity contribution in [3.63, 3.8) is 0 Å². The lowest BCUT2D eigenvalue weighted by Gasteiger charge is -2.13. The molecule has 3 N–H and O–H groups in total. The summed E-state index contributed by atoms with van der Waals surface area (Å²) in [7, 11) is 0. The predicted molar refractivity (Wildman–Crippen MR) is 98.2 cm³/mol. The topological polar surface area (TPSA) is 100 Å². The number of phenols is 2. The molecule has 7 nitrogen and oxygen atoms in total. The van der Waals surface area contributed by atoms with Crippen molar-refractivity contribution in [1.29, 1.82) is 0 Å². The molecule has 2 aromatic carbocycles. The highest BCUT2D eigenvalue weighted by Crippen LogP contribution is 2.33. The molecule has 0 heterocycles. The Balaban J connectivity index is 1.90. The van der Waals surface area contributed by atoms with Crippen LogP contribution in [-0.4, -0.2) is 35.0 Å². The van der Waals surface area contributed by atoms with Crippen LogP contribution < -0.4 is 14.9 Å². The molecule has 1 amide bonds. The number of aromatic hydroxyl groups is 2. The van der Waals surface area contributed by atoms with Gasteiger partial charge in [0.1, 0.15) is 11.5 Å². The second kappa shape index (κ2) is 8.96.